The lowest BCUT2D eigenvalue weighted by atomic mass is 10.2. The van der Waals surface area contributed by atoms with Gasteiger partial charge in [0.25, 0.3) is 0 Å². The normalized spacial score (nSPS) is 11.5. The fourth-order valence-corrected chi connectivity index (χ4v) is 1.92. The Morgan fingerprint density at radius 1 is 1.33 bits per heavy atom. The Morgan fingerprint density at radius 3 is 2.57 bits per heavy atom. The minimum atomic E-state index is -0.308. The van der Waals surface area contributed by atoms with Crippen LogP contribution in [0.1, 0.15) is 18.3 Å². The molecule has 0 aliphatic carbocycles. The number of hydrogen-bond acceptors (Lipinski definition) is 5. The number of nitrogens with zero attached hydrogens (tertiary/aromatic N) is 4. The quantitative estimate of drug-likeness (QED) is 0.390. The van der Waals surface area contributed by atoms with Crippen molar-refractivity contribution in [2.45, 2.75) is 13.8 Å². The topological polar surface area (TPSA) is 87.6 Å². The third kappa shape index (κ3) is 3.25. The lowest BCUT2D eigenvalue weighted by molar-refractivity contribution is 0.318. The highest BCUT2D eigenvalue weighted by Gasteiger charge is 2.13. The monoisotopic (exact) mass is 289 g/mol. The minimum Gasteiger partial charge on any atom is -0.409 e. The molecule has 3 N–H and O–H groups in total. The van der Waals surface area contributed by atoms with E-state index in [4.69, 9.17) is 10.9 Å². The van der Waals surface area contributed by atoms with E-state index in [1.54, 1.807) is 30.0 Å². The predicted molar refractivity (Wildman–Crippen MR) is 78.4 cm³/mol. The number of benzene rings is 1. The lowest BCUT2D eigenvalue weighted by Gasteiger charge is -2.21. The minimum absolute atomic E-state index is 0.0862. The lowest BCUT2D eigenvalue weighted by Crippen LogP contribution is -2.22. The van der Waals surface area contributed by atoms with E-state index in [9.17, 15) is 4.39 Å². The maximum atomic E-state index is 13.0. The first-order chi connectivity index (χ1) is 10.0. The van der Waals surface area contributed by atoms with E-state index in [0.29, 0.717) is 23.9 Å². The molecule has 0 aliphatic rings. The largest absolute Gasteiger partial charge is 0.409 e. The second kappa shape index (κ2) is 6.17. The van der Waals surface area contributed by atoms with Crippen molar-refractivity contribution in [2.75, 3.05) is 11.4 Å². The van der Waals surface area contributed by atoms with Crippen LogP contribution in [0.2, 0.25) is 0 Å². The number of nitrogens with two attached hydrogens (primary N) is 1. The Balaban J connectivity index is 2.47. The number of aromatic nitrogens is 2. The molecule has 0 spiro atoms. The number of halogens is 1. The van der Waals surface area contributed by atoms with Gasteiger partial charge in [0.15, 0.2) is 5.84 Å². The summed E-state index contributed by atoms with van der Waals surface area (Å²) in [6, 6.07) is 7.66. The first-order valence-electron chi connectivity index (χ1n) is 6.41. The van der Waals surface area contributed by atoms with Gasteiger partial charge in [0.1, 0.15) is 11.5 Å². The second-order valence-electron chi connectivity index (χ2n) is 4.40. The zero-order valence-corrected chi connectivity index (χ0v) is 11.8. The smallest absolute Gasteiger partial charge is 0.230 e. The molecule has 2 aromatic rings. The van der Waals surface area contributed by atoms with Crippen LogP contribution in [0.15, 0.2) is 35.5 Å². The maximum Gasteiger partial charge on any atom is 0.230 e. The summed E-state index contributed by atoms with van der Waals surface area (Å²) in [7, 11) is 0. The molecule has 21 heavy (non-hydrogen) atoms. The van der Waals surface area contributed by atoms with Gasteiger partial charge < -0.3 is 15.8 Å². The van der Waals surface area contributed by atoms with E-state index >= 15 is 0 Å². The molecule has 0 atom stereocenters. The van der Waals surface area contributed by atoms with Crippen LogP contribution in [0, 0.1) is 12.7 Å². The number of aryl methyl sites for hydroxylation is 1. The van der Waals surface area contributed by atoms with E-state index in [1.165, 1.54) is 12.1 Å². The third-order valence-corrected chi connectivity index (χ3v) is 2.91. The second-order valence-corrected chi connectivity index (χ2v) is 4.40. The molecule has 7 heteroatoms. The van der Waals surface area contributed by atoms with E-state index in [2.05, 4.69) is 15.1 Å². The molecule has 110 valence electrons. The average molecular weight is 289 g/mol. The van der Waals surface area contributed by atoms with Crippen LogP contribution in [0.5, 0.6) is 0 Å². The fourth-order valence-electron chi connectivity index (χ4n) is 1.92. The summed E-state index contributed by atoms with van der Waals surface area (Å²) in [4.78, 5) is 10.4. The predicted octanol–water partition coefficient (Wildman–Crippen LogP) is 2.18. The van der Waals surface area contributed by atoms with Crippen molar-refractivity contribution in [1.82, 2.24) is 9.97 Å². The molecule has 0 aliphatic heterocycles. The van der Waals surface area contributed by atoms with Crippen molar-refractivity contribution >= 4 is 17.5 Å². The van der Waals surface area contributed by atoms with Crippen molar-refractivity contribution in [3.63, 3.8) is 0 Å². The molecular weight excluding hydrogens is 273 g/mol. The summed E-state index contributed by atoms with van der Waals surface area (Å²) >= 11 is 0. The number of rotatable bonds is 4. The maximum absolute atomic E-state index is 13.0. The van der Waals surface area contributed by atoms with Crippen LogP contribution < -0.4 is 10.6 Å². The molecule has 1 heterocycles. The van der Waals surface area contributed by atoms with Gasteiger partial charge in [0.05, 0.1) is 0 Å². The Labute approximate surface area is 121 Å². The van der Waals surface area contributed by atoms with Crippen molar-refractivity contribution in [2.24, 2.45) is 10.9 Å². The van der Waals surface area contributed by atoms with E-state index in [1.807, 2.05) is 6.92 Å². The van der Waals surface area contributed by atoms with E-state index in [0.717, 1.165) is 5.69 Å². The molecule has 0 radical (unpaired) electrons. The number of amidine groups is 1. The summed E-state index contributed by atoms with van der Waals surface area (Å²) in [5, 5.41) is 11.7. The van der Waals surface area contributed by atoms with Crippen molar-refractivity contribution in [3.8, 4) is 0 Å². The molecule has 0 saturated carbocycles. The van der Waals surface area contributed by atoms with Crippen LogP contribution in [-0.2, 0) is 0 Å². The van der Waals surface area contributed by atoms with Gasteiger partial charge in [0, 0.05) is 17.9 Å². The summed E-state index contributed by atoms with van der Waals surface area (Å²) in [6.45, 7) is 4.31. The van der Waals surface area contributed by atoms with Gasteiger partial charge in [0.2, 0.25) is 5.95 Å². The van der Waals surface area contributed by atoms with Gasteiger partial charge >= 0.3 is 0 Å². The summed E-state index contributed by atoms with van der Waals surface area (Å²) in [6.07, 6.45) is 0. The molecule has 6 nitrogen and oxygen atoms in total. The van der Waals surface area contributed by atoms with Gasteiger partial charge in [-0.1, -0.05) is 5.16 Å². The first-order valence-corrected chi connectivity index (χ1v) is 6.41. The summed E-state index contributed by atoms with van der Waals surface area (Å²) < 4.78 is 13.0. The van der Waals surface area contributed by atoms with Crippen molar-refractivity contribution < 1.29 is 9.60 Å². The summed E-state index contributed by atoms with van der Waals surface area (Å²) in [5.41, 5.74) is 7.35. The standard InChI is InChI=1S/C14H16FN5O/c1-3-20(11-6-4-10(15)5-7-11)14-17-9(2)8-12(18-14)13(16)19-21/h4-8,21H,3H2,1-2H3,(H2,16,19). The SMILES string of the molecule is CCN(c1ccc(F)cc1)c1nc(C)cc(/C(N)=N/O)n1. The van der Waals surface area contributed by atoms with Crippen molar-refractivity contribution in [1.29, 1.82) is 0 Å². The van der Waals surface area contributed by atoms with Gasteiger partial charge in [-0.05, 0) is 44.2 Å². The van der Waals surface area contributed by atoms with Gasteiger partial charge in [-0.15, -0.1) is 0 Å². The highest BCUT2D eigenvalue weighted by Crippen LogP contribution is 2.22. The molecular formula is C14H16FN5O. The van der Waals surface area contributed by atoms with Gasteiger partial charge in [-0.25, -0.2) is 14.4 Å². The van der Waals surface area contributed by atoms with E-state index in [-0.39, 0.29) is 11.7 Å². The highest BCUT2D eigenvalue weighted by molar-refractivity contribution is 5.95. The third-order valence-electron chi connectivity index (χ3n) is 2.91. The molecule has 0 bridgehead atoms. The van der Waals surface area contributed by atoms with Gasteiger partial charge in [-0.2, -0.15) is 0 Å². The molecule has 0 unspecified atom stereocenters. The molecule has 0 amide bonds. The van der Waals surface area contributed by atoms with Crippen LogP contribution in [0.4, 0.5) is 16.0 Å². The molecule has 2 rings (SSSR count). The van der Waals surface area contributed by atoms with Crippen LogP contribution in [0.25, 0.3) is 0 Å². The van der Waals surface area contributed by atoms with Crippen LogP contribution >= 0.6 is 0 Å². The molecule has 1 aromatic heterocycles. The fraction of sp³-hybridized carbons (Fsp3) is 0.214. The Bertz CT molecular complexity index is 657. The number of oxime groups is 1. The average Bonchev–Trinajstić information content (AvgIpc) is 2.48. The molecule has 0 saturated heterocycles. The first kappa shape index (κ1) is 14.7. The number of hydrogen-bond donors (Lipinski definition) is 2. The van der Waals surface area contributed by atoms with Crippen molar-refractivity contribution in [3.05, 3.63) is 47.5 Å². The van der Waals surface area contributed by atoms with E-state index < -0.39 is 0 Å². The zero-order valence-electron chi connectivity index (χ0n) is 11.8. The Hall–Kier alpha value is -2.70. The van der Waals surface area contributed by atoms with Crippen LogP contribution in [-0.4, -0.2) is 27.6 Å². The summed E-state index contributed by atoms with van der Waals surface area (Å²) in [5.74, 6) is 0.0138. The zero-order chi connectivity index (χ0) is 15.4. The van der Waals surface area contributed by atoms with Gasteiger partial charge in [-0.3, -0.25) is 0 Å². The molecule has 1 aromatic carbocycles. The Kier molecular flexibility index (Phi) is 4.32. The molecule has 0 fully saturated rings. The van der Waals surface area contributed by atoms with Crippen LogP contribution in [0.3, 0.4) is 0 Å². The highest BCUT2D eigenvalue weighted by atomic mass is 19.1. The Morgan fingerprint density at radius 2 is 2.00 bits per heavy atom. The number of anilines is 2.